The Morgan fingerprint density at radius 1 is 1.06 bits per heavy atom. The largest absolute Gasteiger partial charge is 0.317 e. The lowest BCUT2D eigenvalue weighted by atomic mass is 10.0. The molecule has 0 aliphatic heterocycles. The summed E-state index contributed by atoms with van der Waals surface area (Å²) >= 11 is 0. The highest BCUT2D eigenvalue weighted by Gasteiger charge is 2.15. The predicted molar refractivity (Wildman–Crippen MR) is 122 cm³/mol. The van der Waals surface area contributed by atoms with E-state index in [1.165, 1.54) is 6.07 Å². The molecule has 7 nitrogen and oxygen atoms in total. The molecule has 1 heterocycles. The molecule has 0 spiro atoms. The zero-order valence-electron chi connectivity index (χ0n) is 18.4. The summed E-state index contributed by atoms with van der Waals surface area (Å²) in [4.78, 5) is 23.1. The van der Waals surface area contributed by atoms with Crippen LogP contribution in [0.1, 0.15) is 39.2 Å². The minimum atomic E-state index is -0.398. The number of rotatable bonds is 6. The molecule has 0 radical (unpaired) electrons. The first-order valence-electron chi connectivity index (χ1n) is 9.99. The maximum atomic E-state index is 12.3. The third-order valence-electron chi connectivity index (χ3n) is 5.36. The van der Waals surface area contributed by atoms with E-state index in [0.717, 1.165) is 44.9 Å². The van der Waals surface area contributed by atoms with Crippen LogP contribution >= 0.6 is 0 Å². The van der Waals surface area contributed by atoms with Crippen LogP contribution in [0, 0.1) is 44.7 Å². The van der Waals surface area contributed by atoms with Gasteiger partial charge in [0, 0.05) is 29.1 Å². The molecule has 3 aromatic rings. The van der Waals surface area contributed by atoms with Crippen LogP contribution in [-0.2, 0) is 11.2 Å². The molecule has 160 valence electrons. The molecule has 0 saturated heterocycles. The third-order valence-corrected chi connectivity index (χ3v) is 5.36. The first kappa shape index (κ1) is 22.0. The van der Waals surface area contributed by atoms with Crippen molar-refractivity contribution in [3.8, 4) is 5.69 Å². The normalized spacial score (nSPS) is 11.1. The molecule has 0 bridgehead atoms. The smallest absolute Gasteiger partial charge is 0.271 e. The van der Waals surface area contributed by atoms with Crippen molar-refractivity contribution < 1.29 is 9.72 Å². The van der Waals surface area contributed by atoms with Crippen molar-refractivity contribution in [3.63, 3.8) is 0 Å². The summed E-state index contributed by atoms with van der Waals surface area (Å²) in [6.45, 7) is 9.78. The molecule has 0 aliphatic carbocycles. The lowest BCUT2D eigenvalue weighted by Crippen LogP contribution is -2.20. The quantitative estimate of drug-likeness (QED) is 0.360. The molecular formula is C24H26N4O3. The molecule has 31 heavy (non-hydrogen) atoms. The lowest BCUT2D eigenvalue weighted by molar-refractivity contribution is -0.384. The highest BCUT2D eigenvalue weighted by Crippen LogP contribution is 2.26. The molecule has 0 saturated carbocycles. The van der Waals surface area contributed by atoms with E-state index in [-0.39, 0.29) is 18.0 Å². The van der Waals surface area contributed by atoms with Gasteiger partial charge in [0.05, 0.1) is 23.2 Å². The van der Waals surface area contributed by atoms with E-state index < -0.39 is 4.92 Å². The number of non-ortho nitro benzene ring substituents is 1. The van der Waals surface area contributed by atoms with E-state index in [4.69, 9.17) is 0 Å². The van der Waals surface area contributed by atoms with Crippen LogP contribution in [0.4, 0.5) is 5.69 Å². The van der Waals surface area contributed by atoms with Gasteiger partial charge >= 0.3 is 0 Å². The Kier molecular flexibility index (Phi) is 6.34. The number of benzene rings is 2. The zero-order chi connectivity index (χ0) is 22.7. The molecule has 0 atom stereocenters. The Balaban J connectivity index is 1.78. The fraction of sp³-hybridized carbons (Fsp3) is 0.250. The van der Waals surface area contributed by atoms with E-state index >= 15 is 0 Å². The number of nitrogens with one attached hydrogen (secondary N) is 1. The number of hydrogen-bond acceptors (Lipinski definition) is 4. The first-order valence-corrected chi connectivity index (χ1v) is 9.99. The molecule has 0 unspecified atom stereocenters. The molecule has 0 aliphatic rings. The first-order chi connectivity index (χ1) is 14.7. The van der Waals surface area contributed by atoms with Gasteiger partial charge < -0.3 is 4.57 Å². The van der Waals surface area contributed by atoms with Gasteiger partial charge in [-0.15, -0.1) is 0 Å². The number of nitro benzene ring substituents is 1. The maximum Gasteiger partial charge on any atom is 0.271 e. The van der Waals surface area contributed by atoms with E-state index in [1.54, 1.807) is 18.3 Å². The number of amides is 1. The fourth-order valence-electron chi connectivity index (χ4n) is 3.67. The number of aromatic nitrogens is 1. The Morgan fingerprint density at radius 2 is 1.81 bits per heavy atom. The Morgan fingerprint density at radius 3 is 2.48 bits per heavy atom. The Bertz CT molecular complexity index is 1190. The Labute approximate surface area is 181 Å². The van der Waals surface area contributed by atoms with Crippen molar-refractivity contribution in [1.82, 2.24) is 9.99 Å². The molecule has 7 heteroatoms. The van der Waals surface area contributed by atoms with Gasteiger partial charge in [-0.1, -0.05) is 29.8 Å². The van der Waals surface area contributed by atoms with E-state index in [9.17, 15) is 14.9 Å². The second-order valence-electron chi connectivity index (χ2n) is 7.79. The van der Waals surface area contributed by atoms with Crippen LogP contribution in [-0.4, -0.2) is 21.6 Å². The summed E-state index contributed by atoms with van der Waals surface area (Å²) in [6, 6.07) is 12.8. The fourth-order valence-corrected chi connectivity index (χ4v) is 3.67. The number of aryl methyl sites for hydroxylation is 4. The van der Waals surface area contributed by atoms with Gasteiger partial charge in [0.2, 0.25) is 5.91 Å². The number of nitro groups is 1. The van der Waals surface area contributed by atoms with Gasteiger partial charge in [-0.05, 0) is 57.4 Å². The molecule has 3 rings (SSSR count). The van der Waals surface area contributed by atoms with Gasteiger partial charge in [0.1, 0.15) is 0 Å². The second kappa shape index (κ2) is 8.95. The summed E-state index contributed by atoms with van der Waals surface area (Å²) in [5.74, 6) is -0.188. The average molecular weight is 418 g/mol. The highest BCUT2D eigenvalue weighted by atomic mass is 16.6. The summed E-state index contributed by atoms with van der Waals surface area (Å²) in [7, 11) is 0. The van der Waals surface area contributed by atoms with Crippen molar-refractivity contribution in [2.75, 3.05) is 0 Å². The van der Waals surface area contributed by atoms with Crippen molar-refractivity contribution in [2.24, 2.45) is 5.10 Å². The molecule has 1 amide bonds. The monoisotopic (exact) mass is 418 g/mol. The standard InChI is InChI=1S/C24H26N4O3/c1-15-6-8-20(17(3)10-15)12-24(29)26-25-14-21-11-18(4)27(19(21)5)23-13-22(28(30)31)9-7-16(23)2/h6-11,13-14H,12H2,1-5H3,(H,26,29)/b25-14-. The van der Waals surface area contributed by atoms with E-state index in [2.05, 4.69) is 16.6 Å². The minimum absolute atomic E-state index is 0.0435. The molecule has 2 aromatic carbocycles. The van der Waals surface area contributed by atoms with Crippen LogP contribution in [0.2, 0.25) is 0 Å². The van der Waals surface area contributed by atoms with Gasteiger partial charge in [-0.25, -0.2) is 5.43 Å². The average Bonchev–Trinajstić information content (AvgIpc) is 2.98. The highest BCUT2D eigenvalue weighted by molar-refractivity contribution is 5.85. The van der Waals surface area contributed by atoms with Crippen molar-refractivity contribution in [2.45, 2.75) is 41.0 Å². The lowest BCUT2D eigenvalue weighted by Gasteiger charge is -2.12. The van der Waals surface area contributed by atoms with Gasteiger partial charge in [-0.3, -0.25) is 14.9 Å². The summed E-state index contributed by atoms with van der Waals surface area (Å²) < 4.78 is 1.96. The van der Waals surface area contributed by atoms with Crippen LogP contribution in [0.3, 0.4) is 0 Å². The topological polar surface area (TPSA) is 89.5 Å². The molecule has 0 fully saturated rings. The molecule has 1 aromatic heterocycles. The van der Waals surface area contributed by atoms with Crippen LogP contribution in [0.25, 0.3) is 5.69 Å². The number of nitrogens with zero attached hydrogens (tertiary/aromatic N) is 3. The van der Waals surface area contributed by atoms with Gasteiger partial charge in [0.15, 0.2) is 0 Å². The maximum absolute atomic E-state index is 12.3. The Hall–Kier alpha value is -3.74. The minimum Gasteiger partial charge on any atom is -0.317 e. The van der Waals surface area contributed by atoms with Gasteiger partial charge in [-0.2, -0.15) is 5.10 Å². The van der Waals surface area contributed by atoms with E-state index in [0.29, 0.717) is 0 Å². The van der Waals surface area contributed by atoms with Crippen molar-refractivity contribution >= 4 is 17.8 Å². The van der Waals surface area contributed by atoms with Crippen LogP contribution in [0.5, 0.6) is 0 Å². The van der Waals surface area contributed by atoms with E-state index in [1.807, 2.05) is 57.4 Å². The number of carbonyl (C=O) groups excluding carboxylic acids is 1. The SMILES string of the molecule is Cc1ccc(CC(=O)N/N=C\c2cc(C)n(-c3cc([N+](=O)[O-])ccc3C)c2C)c(C)c1. The molecule has 1 N–H and O–H groups in total. The number of carbonyl (C=O) groups is 1. The van der Waals surface area contributed by atoms with Crippen LogP contribution < -0.4 is 5.43 Å². The molecular weight excluding hydrogens is 392 g/mol. The predicted octanol–water partition coefficient (Wildman–Crippen LogP) is 4.62. The zero-order valence-corrected chi connectivity index (χ0v) is 18.4. The van der Waals surface area contributed by atoms with Gasteiger partial charge in [0.25, 0.3) is 5.69 Å². The third kappa shape index (κ3) is 4.88. The second-order valence-corrected chi connectivity index (χ2v) is 7.79. The van der Waals surface area contributed by atoms with Crippen molar-refractivity contribution in [3.05, 3.63) is 91.8 Å². The van der Waals surface area contributed by atoms with Crippen molar-refractivity contribution in [1.29, 1.82) is 0 Å². The summed E-state index contributed by atoms with van der Waals surface area (Å²) in [6.07, 6.45) is 1.86. The van der Waals surface area contributed by atoms with Crippen LogP contribution in [0.15, 0.2) is 47.6 Å². The number of hydrogen-bond donors (Lipinski definition) is 1. The summed E-state index contributed by atoms with van der Waals surface area (Å²) in [5.41, 5.74) is 10.2. The number of hydrazone groups is 1. The summed E-state index contributed by atoms with van der Waals surface area (Å²) in [5, 5.41) is 15.3.